The highest BCUT2D eigenvalue weighted by Crippen LogP contribution is 2.13. The molecule has 0 aromatic carbocycles. The van der Waals surface area contributed by atoms with Crippen LogP contribution in [0.15, 0.2) is 24.8 Å². The Morgan fingerprint density at radius 1 is 1.33 bits per heavy atom. The Kier molecular flexibility index (Phi) is 6.32. The summed E-state index contributed by atoms with van der Waals surface area (Å²) in [6.07, 6.45) is -0.0411. The first-order valence-corrected chi connectivity index (χ1v) is 6.33. The zero-order chi connectivity index (χ0) is 18.3. The molecule has 2 N–H and O–H groups in total. The van der Waals surface area contributed by atoms with Crippen LogP contribution in [0.1, 0.15) is 6.42 Å². The molecular weight excluding hydrogens is 335 g/mol. The first-order valence-electron chi connectivity index (χ1n) is 6.33. The van der Waals surface area contributed by atoms with E-state index in [4.69, 9.17) is 15.0 Å². The van der Waals surface area contributed by atoms with Gasteiger partial charge in [-0.05, 0) is 5.10 Å². The van der Waals surface area contributed by atoms with Gasteiger partial charge in [0.15, 0.2) is 18.6 Å². The summed E-state index contributed by atoms with van der Waals surface area (Å²) in [4.78, 5) is 19.3. The molecule has 2 heterocycles. The van der Waals surface area contributed by atoms with E-state index < -0.39 is 18.1 Å². The molecule has 0 radical (unpaired) electrons. The largest absolute Gasteiger partial charge is 0.490 e. The molecule has 0 unspecified atom stereocenters. The van der Waals surface area contributed by atoms with Gasteiger partial charge in [0.2, 0.25) is 0 Å². The molecule has 2 aromatic rings. The van der Waals surface area contributed by atoms with E-state index in [1.165, 1.54) is 0 Å². The van der Waals surface area contributed by atoms with Crippen LogP contribution >= 0.6 is 0 Å². The van der Waals surface area contributed by atoms with Crippen LogP contribution in [-0.2, 0) is 23.2 Å². The van der Waals surface area contributed by atoms with Crippen molar-refractivity contribution in [2.75, 3.05) is 0 Å². The summed E-state index contributed by atoms with van der Waals surface area (Å²) in [6, 6.07) is 1.83. The molecule has 24 heavy (non-hydrogen) atoms. The summed E-state index contributed by atoms with van der Waals surface area (Å²) in [5.74, 6) is -2.87. The van der Waals surface area contributed by atoms with Crippen LogP contribution < -0.4 is 4.68 Å². The fourth-order valence-electron chi connectivity index (χ4n) is 1.40. The lowest BCUT2D eigenvalue weighted by atomic mass is 10.3. The maximum atomic E-state index is 10.6. The molecular formula is C12H13F3N5O4+. The highest BCUT2D eigenvalue weighted by Gasteiger charge is 2.38. The van der Waals surface area contributed by atoms with E-state index in [2.05, 4.69) is 15.3 Å². The molecule has 2 rings (SSSR count). The van der Waals surface area contributed by atoms with E-state index >= 15 is 0 Å². The third-order valence-electron chi connectivity index (χ3n) is 2.54. The predicted octanol–water partition coefficient (Wildman–Crippen LogP) is 0.273. The number of carboxylic acid groups (broad SMARTS) is 2. The number of alkyl halides is 3. The van der Waals surface area contributed by atoms with Crippen molar-refractivity contribution < 1.29 is 37.7 Å². The molecule has 0 atom stereocenters. The Morgan fingerprint density at radius 2 is 1.96 bits per heavy atom. The predicted molar refractivity (Wildman–Crippen MR) is 70.4 cm³/mol. The molecule has 2 aromatic heterocycles. The summed E-state index contributed by atoms with van der Waals surface area (Å²) >= 11 is 0. The van der Waals surface area contributed by atoms with Crippen LogP contribution in [0, 0.1) is 0 Å². The van der Waals surface area contributed by atoms with E-state index in [1.54, 1.807) is 28.0 Å². The second kappa shape index (κ2) is 7.99. The van der Waals surface area contributed by atoms with Gasteiger partial charge in [0.25, 0.3) is 0 Å². The third-order valence-corrected chi connectivity index (χ3v) is 2.54. The van der Waals surface area contributed by atoms with Crippen molar-refractivity contribution in [2.45, 2.75) is 19.1 Å². The highest BCUT2D eigenvalue weighted by atomic mass is 19.4. The first kappa shape index (κ1) is 19.0. The molecule has 0 saturated carbocycles. The molecule has 130 valence electrons. The Balaban J connectivity index is 0.000000351. The zero-order valence-electron chi connectivity index (χ0n) is 12.3. The standard InChI is InChI=1S/C10H11N5O2.C2HF3O2/c1-14-7-11-13-10(14)8-2-4-15(12-6-8)5-3-9(16)17;3-2(4,5)1(6)7/h2,4,6-7H,3,5H2,1H3;(H,6,7)/p+1. The number of aromatic nitrogens is 5. The summed E-state index contributed by atoms with van der Waals surface area (Å²) < 4.78 is 35.1. The lowest BCUT2D eigenvalue weighted by Gasteiger charge is -1.98. The van der Waals surface area contributed by atoms with E-state index in [-0.39, 0.29) is 6.42 Å². The van der Waals surface area contributed by atoms with Gasteiger partial charge in [-0.15, -0.1) is 10.2 Å². The van der Waals surface area contributed by atoms with Crippen LogP contribution in [0.5, 0.6) is 0 Å². The number of nitrogens with zero attached hydrogens (tertiary/aromatic N) is 5. The van der Waals surface area contributed by atoms with Gasteiger partial charge in [0.1, 0.15) is 18.9 Å². The SMILES string of the molecule is Cn1cnnc1-c1cc[n+](CCC(=O)O)nc1.O=C(O)C(F)(F)F. The summed E-state index contributed by atoms with van der Waals surface area (Å²) in [5, 5.41) is 27.5. The average molecular weight is 348 g/mol. The van der Waals surface area contributed by atoms with Crippen LogP contribution in [0.4, 0.5) is 13.2 Å². The maximum absolute atomic E-state index is 10.6. The lowest BCUT2D eigenvalue weighted by Crippen LogP contribution is -2.38. The van der Waals surface area contributed by atoms with Gasteiger partial charge < -0.3 is 14.8 Å². The summed E-state index contributed by atoms with van der Waals surface area (Å²) in [7, 11) is 1.85. The minimum Gasteiger partial charge on any atom is -0.481 e. The topological polar surface area (TPSA) is 122 Å². The van der Waals surface area contributed by atoms with Gasteiger partial charge in [-0.3, -0.25) is 4.79 Å². The smallest absolute Gasteiger partial charge is 0.481 e. The first-order chi connectivity index (χ1) is 11.1. The van der Waals surface area contributed by atoms with Gasteiger partial charge in [0.05, 0.1) is 0 Å². The Hall–Kier alpha value is -3.05. The summed E-state index contributed by atoms with van der Waals surface area (Å²) in [6.45, 7) is 0.356. The number of aliphatic carboxylic acids is 2. The van der Waals surface area contributed by atoms with E-state index in [9.17, 15) is 18.0 Å². The second-order valence-corrected chi connectivity index (χ2v) is 4.39. The number of carbonyl (C=O) groups is 2. The minimum atomic E-state index is -5.08. The number of rotatable bonds is 4. The molecule has 0 spiro atoms. The van der Waals surface area contributed by atoms with Crippen LogP contribution in [0.3, 0.4) is 0 Å². The minimum absolute atomic E-state index is 0.0565. The normalized spacial score (nSPS) is 10.7. The van der Waals surface area contributed by atoms with Crippen molar-refractivity contribution in [1.82, 2.24) is 19.9 Å². The fraction of sp³-hybridized carbons (Fsp3) is 0.333. The van der Waals surface area contributed by atoms with E-state index in [0.717, 1.165) is 11.4 Å². The zero-order valence-corrected chi connectivity index (χ0v) is 12.3. The van der Waals surface area contributed by atoms with Crippen molar-refractivity contribution in [1.29, 1.82) is 0 Å². The number of hydrogen-bond acceptors (Lipinski definition) is 5. The second-order valence-electron chi connectivity index (χ2n) is 4.39. The number of halogens is 3. The number of hydrogen-bond donors (Lipinski definition) is 2. The molecule has 0 bridgehead atoms. The van der Waals surface area contributed by atoms with E-state index in [0.29, 0.717) is 6.54 Å². The van der Waals surface area contributed by atoms with E-state index in [1.807, 2.05) is 13.1 Å². The van der Waals surface area contributed by atoms with Gasteiger partial charge in [-0.2, -0.15) is 13.2 Å². The molecule has 0 saturated heterocycles. The summed E-state index contributed by atoms with van der Waals surface area (Å²) in [5.41, 5.74) is 0.844. The van der Waals surface area contributed by atoms with Crippen molar-refractivity contribution in [3.05, 3.63) is 24.8 Å². The van der Waals surface area contributed by atoms with Crippen LogP contribution in [-0.4, -0.2) is 48.2 Å². The van der Waals surface area contributed by atoms with Crippen molar-refractivity contribution in [2.24, 2.45) is 7.05 Å². The van der Waals surface area contributed by atoms with Gasteiger partial charge in [-0.25, -0.2) is 4.79 Å². The van der Waals surface area contributed by atoms with Crippen LogP contribution in [0.25, 0.3) is 11.4 Å². The van der Waals surface area contributed by atoms with Crippen molar-refractivity contribution in [3.63, 3.8) is 0 Å². The average Bonchev–Trinajstić information content (AvgIpc) is 2.91. The highest BCUT2D eigenvalue weighted by molar-refractivity contribution is 5.73. The number of aryl methyl sites for hydroxylation is 2. The third kappa shape index (κ3) is 5.98. The lowest BCUT2D eigenvalue weighted by molar-refractivity contribution is -0.752. The number of carboxylic acids is 2. The molecule has 0 amide bonds. The Labute approximate surface area is 133 Å². The van der Waals surface area contributed by atoms with Crippen molar-refractivity contribution >= 4 is 11.9 Å². The molecule has 0 aliphatic carbocycles. The fourth-order valence-corrected chi connectivity index (χ4v) is 1.40. The van der Waals surface area contributed by atoms with Gasteiger partial charge in [0, 0.05) is 18.7 Å². The molecule has 0 fully saturated rings. The maximum Gasteiger partial charge on any atom is 0.490 e. The Bertz CT molecular complexity index is 699. The monoisotopic (exact) mass is 348 g/mol. The molecule has 0 aliphatic rings. The quantitative estimate of drug-likeness (QED) is 0.761. The van der Waals surface area contributed by atoms with Gasteiger partial charge >= 0.3 is 18.1 Å². The molecule has 0 aliphatic heterocycles. The van der Waals surface area contributed by atoms with Crippen molar-refractivity contribution in [3.8, 4) is 11.4 Å². The molecule has 9 nitrogen and oxygen atoms in total. The van der Waals surface area contributed by atoms with Gasteiger partial charge in [-0.1, -0.05) is 4.68 Å². The van der Waals surface area contributed by atoms with Crippen LogP contribution in [0.2, 0.25) is 0 Å². The Morgan fingerprint density at radius 3 is 2.33 bits per heavy atom. The molecule has 12 heteroatoms.